The van der Waals surface area contributed by atoms with Crippen LogP contribution in [-0.2, 0) is 14.3 Å². The molecule has 3 rings (SSSR count). The molecular weight excluding hydrogens is 550 g/mol. The Morgan fingerprint density at radius 2 is 1.47 bits per heavy atom. The molecule has 0 saturated heterocycles. The summed E-state index contributed by atoms with van der Waals surface area (Å²) >= 11 is 30.0. The van der Waals surface area contributed by atoms with Crippen molar-refractivity contribution in [2.24, 2.45) is 0 Å². The molecule has 1 aliphatic heterocycles. The number of carbonyl (C=O) groups is 4. The second kappa shape index (κ2) is 11.6. The second-order valence-electron chi connectivity index (χ2n) is 7.30. The number of fused-ring (bicyclic) bond motifs is 1. The molecular formula is C22H17Cl5N2O5. The van der Waals surface area contributed by atoms with E-state index >= 15 is 0 Å². The maximum Gasteiger partial charge on any atom is 0.306 e. The molecule has 0 unspecified atom stereocenters. The average Bonchev–Trinajstić information content (AvgIpc) is 3.04. The van der Waals surface area contributed by atoms with Crippen molar-refractivity contribution in [3.8, 4) is 0 Å². The van der Waals surface area contributed by atoms with Crippen LogP contribution in [0.5, 0.6) is 0 Å². The number of halogens is 5. The summed E-state index contributed by atoms with van der Waals surface area (Å²) in [6.45, 7) is -0.321. The minimum atomic E-state index is -0.601. The highest BCUT2D eigenvalue weighted by atomic mass is 35.5. The molecule has 0 atom stereocenters. The van der Waals surface area contributed by atoms with Gasteiger partial charge in [-0.2, -0.15) is 0 Å². The van der Waals surface area contributed by atoms with Crippen LogP contribution in [0.4, 0.5) is 5.69 Å². The zero-order valence-electron chi connectivity index (χ0n) is 17.4. The van der Waals surface area contributed by atoms with Crippen LogP contribution >= 0.6 is 58.0 Å². The number of rotatable bonds is 9. The number of hydrogen-bond acceptors (Lipinski definition) is 5. The number of amides is 3. The number of ether oxygens (including phenoxy) is 1. The van der Waals surface area contributed by atoms with Crippen molar-refractivity contribution in [2.45, 2.75) is 25.7 Å². The fraction of sp³-hybridized carbons (Fsp3) is 0.273. The number of benzene rings is 2. The van der Waals surface area contributed by atoms with Crippen LogP contribution in [0.25, 0.3) is 0 Å². The van der Waals surface area contributed by atoms with E-state index in [1.54, 1.807) is 24.3 Å². The Balaban J connectivity index is 1.40. The first-order chi connectivity index (χ1) is 16.1. The molecule has 0 saturated carbocycles. The number of unbranched alkanes of at least 4 members (excludes halogenated alkanes) is 2. The molecule has 0 aromatic heterocycles. The number of anilines is 1. The van der Waals surface area contributed by atoms with E-state index < -0.39 is 30.3 Å². The van der Waals surface area contributed by atoms with Crippen molar-refractivity contribution in [1.29, 1.82) is 0 Å². The molecule has 1 N–H and O–H groups in total. The fourth-order valence-corrected chi connectivity index (χ4v) is 4.50. The molecule has 12 heteroatoms. The van der Waals surface area contributed by atoms with E-state index in [2.05, 4.69) is 5.32 Å². The lowest BCUT2D eigenvalue weighted by Crippen LogP contribution is -2.30. The molecule has 3 amide bonds. The standard InChI is InChI=1S/C22H17Cl5N2O5/c23-11-5-4-6-12(9-11)28-13(30)10-34-14(31)7-2-1-3-8-29-21(32)15-16(22(29)33)18(25)20(27)19(26)17(15)24/h4-6,9H,1-3,7-8,10H2,(H,28,30). The summed E-state index contributed by atoms with van der Waals surface area (Å²) in [6, 6.07) is 6.58. The normalized spacial score (nSPS) is 12.7. The van der Waals surface area contributed by atoms with Gasteiger partial charge >= 0.3 is 5.97 Å². The summed E-state index contributed by atoms with van der Waals surface area (Å²) in [4.78, 5) is 50.1. The molecule has 0 bridgehead atoms. The number of hydrogen-bond donors (Lipinski definition) is 1. The Bertz CT molecular complexity index is 1120. The van der Waals surface area contributed by atoms with Gasteiger partial charge in [0.25, 0.3) is 17.7 Å². The van der Waals surface area contributed by atoms with Gasteiger partial charge in [0.05, 0.1) is 31.2 Å². The molecule has 1 heterocycles. The van der Waals surface area contributed by atoms with E-state index in [1.807, 2.05) is 0 Å². The Hall–Kier alpha value is -2.03. The van der Waals surface area contributed by atoms with Gasteiger partial charge in [0.15, 0.2) is 6.61 Å². The lowest BCUT2D eigenvalue weighted by molar-refractivity contribution is -0.147. The van der Waals surface area contributed by atoms with E-state index in [9.17, 15) is 19.2 Å². The molecule has 0 aliphatic carbocycles. The van der Waals surface area contributed by atoms with Crippen molar-refractivity contribution in [3.05, 3.63) is 60.5 Å². The molecule has 0 radical (unpaired) electrons. The Labute approximate surface area is 220 Å². The number of carbonyl (C=O) groups excluding carboxylic acids is 4. The zero-order chi connectivity index (χ0) is 25.0. The van der Waals surface area contributed by atoms with Crippen molar-refractivity contribution >= 4 is 87.4 Å². The largest absolute Gasteiger partial charge is 0.456 e. The first kappa shape index (κ1) is 26.6. The lowest BCUT2D eigenvalue weighted by atomic mass is 10.1. The van der Waals surface area contributed by atoms with Gasteiger partial charge in [0, 0.05) is 23.7 Å². The molecule has 0 fully saturated rings. The maximum atomic E-state index is 12.7. The summed E-state index contributed by atoms with van der Waals surface area (Å²) in [5.41, 5.74) is 0.366. The van der Waals surface area contributed by atoms with Crippen LogP contribution in [0.2, 0.25) is 25.1 Å². The van der Waals surface area contributed by atoms with Crippen molar-refractivity contribution in [3.63, 3.8) is 0 Å². The average molecular weight is 567 g/mol. The topological polar surface area (TPSA) is 92.8 Å². The second-order valence-corrected chi connectivity index (χ2v) is 9.25. The highest BCUT2D eigenvalue weighted by molar-refractivity contribution is 6.55. The van der Waals surface area contributed by atoms with E-state index in [4.69, 9.17) is 62.7 Å². The highest BCUT2D eigenvalue weighted by Crippen LogP contribution is 2.44. The molecule has 2 aromatic rings. The third kappa shape index (κ3) is 5.96. The molecule has 7 nitrogen and oxygen atoms in total. The maximum absolute atomic E-state index is 12.7. The van der Waals surface area contributed by atoms with Crippen LogP contribution in [-0.4, -0.2) is 41.7 Å². The fourth-order valence-electron chi connectivity index (χ4n) is 3.30. The molecule has 180 valence electrons. The van der Waals surface area contributed by atoms with Crippen molar-refractivity contribution < 1.29 is 23.9 Å². The smallest absolute Gasteiger partial charge is 0.306 e. The first-order valence-corrected chi connectivity index (χ1v) is 11.9. The molecule has 34 heavy (non-hydrogen) atoms. The van der Waals surface area contributed by atoms with Crippen LogP contribution < -0.4 is 5.32 Å². The van der Waals surface area contributed by atoms with Gasteiger partial charge in [-0.25, -0.2) is 0 Å². The van der Waals surface area contributed by atoms with Gasteiger partial charge in [0.2, 0.25) is 0 Å². The van der Waals surface area contributed by atoms with Crippen molar-refractivity contribution in [1.82, 2.24) is 4.90 Å². The lowest BCUT2D eigenvalue weighted by Gasteiger charge is -2.13. The Morgan fingerprint density at radius 1 is 0.853 bits per heavy atom. The Morgan fingerprint density at radius 3 is 2.06 bits per heavy atom. The predicted octanol–water partition coefficient (Wildman–Crippen LogP) is 6.29. The minimum Gasteiger partial charge on any atom is -0.456 e. The summed E-state index contributed by atoms with van der Waals surface area (Å²) in [7, 11) is 0. The molecule has 1 aliphatic rings. The first-order valence-electron chi connectivity index (χ1n) is 10.0. The van der Waals surface area contributed by atoms with Crippen LogP contribution in [0.3, 0.4) is 0 Å². The van der Waals surface area contributed by atoms with Crippen LogP contribution in [0.15, 0.2) is 24.3 Å². The number of esters is 1. The summed E-state index contributed by atoms with van der Waals surface area (Å²) < 4.78 is 4.95. The molecule has 0 spiro atoms. The third-order valence-corrected chi connectivity index (χ3v) is 6.96. The monoisotopic (exact) mass is 564 g/mol. The van der Waals surface area contributed by atoms with Gasteiger partial charge < -0.3 is 10.1 Å². The van der Waals surface area contributed by atoms with Crippen LogP contribution in [0, 0.1) is 0 Å². The summed E-state index contributed by atoms with van der Waals surface area (Å²) in [5, 5.41) is 2.63. The van der Waals surface area contributed by atoms with E-state index in [1.165, 1.54) is 0 Å². The summed E-state index contributed by atoms with van der Waals surface area (Å²) in [5.74, 6) is -2.23. The summed E-state index contributed by atoms with van der Waals surface area (Å²) in [6.07, 6.45) is 1.48. The number of imide groups is 1. The predicted molar refractivity (Wildman–Crippen MR) is 131 cm³/mol. The van der Waals surface area contributed by atoms with Gasteiger partial charge in [-0.3, -0.25) is 24.1 Å². The SMILES string of the molecule is O=C(COC(=O)CCCCCN1C(=O)c2c(Cl)c(Cl)c(Cl)c(Cl)c2C1=O)Nc1cccc(Cl)c1. The van der Waals surface area contributed by atoms with Gasteiger partial charge in [-0.05, 0) is 31.0 Å². The van der Waals surface area contributed by atoms with E-state index in [0.29, 0.717) is 30.0 Å². The van der Waals surface area contributed by atoms with Gasteiger partial charge in [0.1, 0.15) is 0 Å². The van der Waals surface area contributed by atoms with Crippen LogP contribution in [0.1, 0.15) is 46.4 Å². The van der Waals surface area contributed by atoms with E-state index in [0.717, 1.165) is 4.90 Å². The molecule has 2 aromatic carbocycles. The van der Waals surface area contributed by atoms with Gasteiger partial charge in [-0.15, -0.1) is 0 Å². The van der Waals surface area contributed by atoms with E-state index in [-0.39, 0.29) is 44.2 Å². The highest BCUT2D eigenvalue weighted by Gasteiger charge is 2.41. The van der Waals surface area contributed by atoms with Gasteiger partial charge in [-0.1, -0.05) is 70.5 Å². The Kier molecular flexibility index (Phi) is 9.07. The quantitative estimate of drug-likeness (QED) is 0.127. The van der Waals surface area contributed by atoms with Crippen molar-refractivity contribution in [2.75, 3.05) is 18.5 Å². The zero-order valence-corrected chi connectivity index (χ0v) is 21.2. The number of nitrogens with one attached hydrogen (secondary N) is 1. The minimum absolute atomic E-state index is 0.0642. The number of nitrogens with zero attached hydrogens (tertiary/aromatic N) is 1. The third-order valence-electron chi connectivity index (χ3n) is 4.92.